The van der Waals surface area contributed by atoms with Gasteiger partial charge in [0.15, 0.2) is 0 Å². The number of phenols is 1. The maximum atomic E-state index is 13.9. The summed E-state index contributed by atoms with van der Waals surface area (Å²) in [6.07, 6.45) is 4.01. The number of nitrogens with one attached hydrogen (secondary N) is 2. The second-order valence-electron chi connectivity index (χ2n) is 9.85. The van der Waals surface area contributed by atoms with Crippen molar-refractivity contribution >= 4 is 50.1 Å². The van der Waals surface area contributed by atoms with Gasteiger partial charge in [-0.25, -0.2) is 4.79 Å². The van der Waals surface area contributed by atoms with Crippen LogP contribution in [0, 0.1) is 0 Å². The number of thiocarbonyl (C=S) groups is 1. The molecule has 2 aliphatic heterocycles. The summed E-state index contributed by atoms with van der Waals surface area (Å²) < 4.78 is 1.01. The van der Waals surface area contributed by atoms with Crippen LogP contribution in [0.3, 0.4) is 0 Å². The number of amides is 2. The largest absolute Gasteiger partial charge is 0.508 e. The molecule has 34 heavy (non-hydrogen) atoms. The molecule has 2 atom stereocenters. The van der Waals surface area contributed by atoms with Crippen LogP contribution >= 0.6 is 28.1 Å². The highest BCUT2D eigenvalue weighted by molar-refractivity contribution is 9.10. The van der Waals surface area contributed by atoms with E-state index in [4.69, 9.17) is 12.2 Å². The number of carbonyl (C=O) groups is 1. The highest BCUT2D eigenvalue weighted by Crippen LogP contribution is 2.49. The van der Waals surface area contributed by atoms with Crippen molar-refractivity contribution in [2.45, 2.75) is 50.2 Å². The number of rotatable bonds is 6. The van der Waals surface area contributed by atoms with E-state index < -0.39 is 5.54 Å². The lowest BCUT2D eigenvalue weighted by atomic mass is 9.81. The third-order valence-corrected chi connectivity index (χ3v) is 8.54. The highest BCUT2D eigenvalue weighted by atomic mass is 79.9. The Kier molecular flexibility index (Phi) is 5.24. The Labute approximate surface area is 212 Å². The summed E-state index contributed by atoms with van der Waals surface area (Å²) >= 11 is 9.61. The Morgan fingerprint density at radius 1 is 1.26 bits per heavy atom. The summed E-state index contributed by atoms with van der Waals surface area (Å²) in [5, 5.41) is 14.9. The summed E-state index contributed by atoms with van der Waals surface area (Å²) in [5.74, 6) is 0.183. The number of aromatic nitrogens is 1. The lowest BCUT2D eigenvalue weighted by Crippen LogP contribution is -2.53. The molecule has 1 saturated carbocycles. The molecular weight excluding hydrogens is 512 g/mol. The van der Waals surface area contributed by atoms with Crippen molar-refractivity contribution in [1.82, 2.24) is 20.1 Å². The van der Waals surface area contributed by atoms with Crippen LogP contribution in [0.4, 0.5) is 4.79 Å². The molecule has 1 saturated heterocycles. The molecule has 8 heteroatoms. The van der Waals surface area contributed by atoms with Crippen LogP contribution < -0.4 is 5.32 Å². The standard InChI is InChI=1S/C26H27BrN4O2S/c1-26-14-20-19-13-16(27)6-9-21(19)29-22(20)23(15-4-2-5-18(32)12-15)31(26)25(33)30(24(26)34)11-3-10-28-17-7-8-17/h2,4-6,9,12-13,17,23,28-29,32H,3,7-8,10-11,14H2,1H3/t23-,26+/m1/s1. The highest BCUT2D eigenvalue weighted by Gasteiger charge is 2.57. The van der Waals surface area contributed by atoms with Crippen LogP contribution in [0.25, 0.3) is 10.9 Å². The van der Waals surface area contributed by atoms with E-state index in [1.807, 2.05) is 23.1 Å². The van der Waals surface area contributed by atoms with Crippen LogP contribution in [-0.2, 0) is 6.42 Å². The molecule has 3 heterocycles. The van der Waals surface area contributed by atoms with E-state index in [0.717, 1.165) is 39.6 Å². The monoisotopic (exact) mass is 538 g/mol. The van der Waals surface area contributed by atoms with Crippen molar-refractivity contribution in [3.63, 3.8) is 0 Å². The Morgan fingerprint density at radius 3 is 2.85 bits per heavy atom. The second-order valence-corrected chi connectivity index (χ2v) is 11.1. The number of nitrogens with zero attached hydrogens (tertiary/aromatic N) is 2. The van der Waals surface area contributed by atoms with Gasteiger partial charge >= 0.3 is 6.03 Å². The molecule has 3 aromatic rings. The molecule has 1 aromatic heterocycles. The number of urea groups is 1. The third-order valence-electron chi connectivity index (χ3n) is 7.38. The Hall–Kier alpha value is -2.42. The lowest BCUT2D eigenvalue weighted by Gasteiger charge is -2.43. The molecule has 0 spiro atoms. The van der Waals surface area contributed by atoms with Gasteiger partial charge in [0, 0.05) is 40.1 Å². The van der Waals surface area contributed by atoms with Gasteiger partial charge in [0.1, 0.15) is 16.8 Å². The summed E-state index contributed by atoms with van der Waals surface area (Å²) in [6, 6.07) is 13.6. The molecule has 6 rings (SSSR count). The number of carbonyl (C=O) groups excluding carboxylic acids is 1. The quantitative estimate of drug-likeness (QED) is 0.296. The van der Waals surface area contributed by atoms with E-state index in [-0.39, 0.29) is 17.8 Å². The number of hydrogen-bond acceptors (Lipinski definition) is 4. The molecule has 176 valence electrons. The summed E-state index contributed by atoms with van der Waals surface area (Å²) in [5.41, 5.74) is 3.44. The fraction of sp³-hybridized carbons (Fsp3) is 0.385. The average Bonchev–Trinajstić information content (AvgIpc) is 3.54. The molecule has 3 aliphatic rings. The molecule has 2 fully saturated rings. The number of hydrogen-bond donors (Lipinski definition) is 3. The Morgan fingerprint density at radius 2 is 2.09 bits per heavy atom. The second kappa shape index (κ2) is 8.07. The minimum absolute atomic E-state index is 0.0576. The fourth-order valence-corrected chi connectivity index (χ4v) is 6.26. The van der Waals surface area contributed by atoms with Crippen molar-refractivity contribution in [2.24, 2.45) is 0 Å². The number of aromatic hydroxyl groups is 1. The molecule has 2 aromatic carbocycles. The van der Waals surface area contributed by atoms with E-state index >= 15 is 0 Å². The predicted molar refractivity (Wildman–Crippen MR) is 140 cm³/mol. The molecule has 2 amide bonds. The molecule has 6 nitrogen and oxygen atoms in total. The van der Waals surface area contributed by atoms with Gasteiger partial charge in [-0.2, -0.15) is 0 Å². The zero-order chi connectivity index (χ0) is 23.6. The van der Waals surface area contributed by atoms with Crippen molar-refractivity contribution in [2.75, 3.05) is 13.1 Å². The van der Waals surface area contributed by atoms with Gasteiger partial charge in [-0.3, -0.25) is 9.80 Å². The van der Waals surface area contributed by atoms with Crippen LogP contribution in [0.5, 0.6) is 5.75 Å². The average molecular weight is 539 g/mol. The van der Waals surface area contributed by atoms with Gasteiger partial charge in [0.25, 0.3) is 0 Å². The first kappa shape index (κ1) is 22.1. The smallest absolute Gasteiger partial charge is 0.326 e. The fourth-order valence-electron chi connectivity index (χ4n) is 5.55. The summed E-state index contributed by atoms with van der Waals surface area (Å²) in [7, 11) is 0. The topological polar surface area (TPSA) is 71.6 Å². The maximum absolute atomic E-state index is 13.9. The number of benzene rings is 2. The van der Waals surface area contributed by atoms with E-state index in [0.29, 0.717) is 24.0 Å². The van der Waals surface area contributed by atoms with Crippen LogP contribution in [0.15, 0.2) is 46.9 Å². The van der Waals surface area contributed by atoms with Gasteiger partial charge in [0.05, 0.1) is 5.54 Å². The van der Waals surface area contributed by atoms with E-state index in [1.54, 1.807) is 17.0 Å². The zero-order valence-electron chi connectivity index (χ0n) is 19.0. The first-order chi connectivity index (χ1) is 16.4. The zero-order valence-corrected chi connectivity index (χ0v) is 21.4. The molecular formula is C26H27BrN4O2S. The summed E-state index contributed by atoms with van der Waals surface area (Å²) in [6.45, 7) is 3.59. The Bertz CT molecular complexity index is 1320. The third kappa shape index (κ3) is 3.46. The minimum atomic E-state index is -0.628. The normalized spacial score (nSPS) is 24.1. The molecule has 0 bridgehead atoms. The number of aromatic amines is 1. The van der Waals surface area contributed by atoms with Gasteiger partial charge in [-0.15, -0.1) is 0 Å². The van der Waals surface area contributed by atoms with Crippen molar-refractivity contribution in [3.8, 4) is 5.75 Å². The van der Waals surface area contributed by atoms with Crippen LogP contribution in [-0.4, -0.2) is 55.6 Å². The first-order valence-corrected chi connectivity index (χ1v) is 13.0. The van der Waals surface area contributed by atoms with Gasteiger partial charge < -0.3 is 15.4 Å². The van der Waals surface area contributed by atoms with Crippen molar-refractivity contribution in [3.05, 3.63) is 63.8 Å². The number of halogens is 1. The SMILES string of the molecule is C[C@@]12Cc3c([nH]c4ccc(Br)cc34)[C@@H](c3cccc(O)c3)N1C(=O)N(CCCNC1CC1)C2=S. The minimum Gasteiger partial charge on any atom is -0.508 e. The van der Waals surface area contributed by atoms with E-state index in [2.05, 4.69) is 45.3 Å². The van der Waals surface area contributed by atoms with Gasteiger partial charge in [0.2, 0.25) is 0 Å². The van der Waals surface area contributed by atoms with Crippen molar-refractivity contribution < 1.29 is 9.90 Å². The molecule has 3 N–H and O–H groups in total. The van der Waals surface area contributed by atoms with Crippen molar-refractivity contribution in [1.29, 1.82) is 0 Å². The van der Waals surface area contributed by atoms with E-state index in [1.165, 1.54) is 18.4 Å². The van der Waals surface area contributed by atoms with Crippen LogP contribution in [0.1, 0.15) is 49.0 Å². The van der Waals surface area contributed by atoms with Gasteiger partial charge in [-0.1, -0.05) is 40.3 Å². The number of phenolic OH excluding ortho intramolecular Hbond substituents is 1. The van der Waals surface area contributed by atoms with Gasteiger partial charge in [-0.05, 0) is 74.2 Å². The van der Waals surface area contributed by atoms with E-state index in [9.17, 15) is 9.90 Å². The summed E-state index contributed by atoms with van der Waals surface area (Å²) in [4.78, 5) is 21.9. The first-order valence-electron chi connectivity index (χ1n) is 11.8. The lowest BCUT2D eigenvalue weighted by molar-refractivity contribution is 0.139. The molecule has 0 unspecified atom stereocenters. The maximum Gasteiger partial charge on any atom is 0.326 e. The number of H-pyrrole nitrogens is 1. The van der Waals surface area contributed by atoms with Crippen LogP contribution in [0.2, 0.25) is 0 Å². The predicted octanol–water partition coefficient (Wildman–Crippen LogP) is 5.25. The Balaban J connectivity index is 1.44. The molecule has 1 aliphatic carbocycles. The molecule has 0 radical (unpaired) electrons. The number of fused-ring (bicyclic) bond motifs is 4.